The molecule has 0 aliphatic carbocycles. The van der Waals surface area contributed by atoms with Gasteiger partial charge in [-0.2, -0.15) is 16.9 Å². The first-order valence-corrected chi connectivity index (χ1v) is 14.8. The highest BCUT2D eigenvalue weighted by molar-refractivity contribution is 7.98. The molecule has 0 radical (unpaired) electrons. The number of thioether (sulfide) groups is 1. The average molecular weight is 569 g/mol. The maximum Gasteiger partial charge on any atom is 0.244 e. The van der Waals surface area contributed by atoms with Gasteiger partial charge >= 0.3 is 0 Å². The fourth-order valence-corrected chi connectivity index (χ4v) is 4.98. The lowest BCUT2D eigenvalue weighted by molar-refractivity contribution is -0.133. The fraction of sp³-hybridized carbons (Fsp3) is 0.538. The van der Waals surface area contributed by atoms with E-state index in [-0.39, 0.29) is 36.6 Å². The molecule has 214 valence electrons. The van der Waals surface area contributed by atoms with Crippen LogP contribution in [0.3, 0.4) is 0 Å². The number of amides is 3. The van der Waals surface area contributed by atoms with Crippen molar-refractivity contribution in [2.75, 3.05) is 25.1 Å². The van der Waals surface area contributed by atoms with Crippen LogP contribution in [0, 0.1) is 5.92 Å². The van der Waals surface area contributed by atoms with Gasteiger partial charge in [0.15, 0.2) is 11.6 Å². The number of tetrazole rings is 1. The molecule has 14 heteroatoms. The summed E-state index contributed by atoms with van der Waals surface area (Å²) in [6.45, 7) is 5.05. The minimum atomic E-state index is -0.674. The normalized spacial score (nSPS) is 19.1. The van der Waals surface area contributed by atoms with Crippen LogP contribution in [-0.4, -0.2) is 88.7 Å². The van der Waals surface area contributed by atoms with Gasteiger partial charge in [0, 0.05) is 25.1 Å². The fourth-order valence-electron chi connectivity index (χ4n) is 4.51. The van der Waals surface area contributed by atoms with Crippen molar-refractivity contribution >= 4 is 29.5 Å². The molecule has 0 spiro atoms. The average Bonchev–Trinajstić information content (AvgIpc) is 3.61. The summed E-state index contributed by atoms with van der Waals surface area (Å²) in [5.74, 6) is 1.21. The SMILES string of the molecule is CSCC[C@@H]1NC(=O)CCCN(C(=O)Cn2cnnn2)CCn2nc(-c3ccccc3)nc2[C@@H](C(C)C)NC1=O. The number of hydrogen-bond donors (Lipinski definition) is 2. The van der Waals surface area contributed by atoms with E-state index in [1.807, 2.05) is 50.4 Å². The molecule has 13 nitrogen and oxygen atoms in total. The molecule has 2 aromatic heterocycles. The number of aromatic nitrogens is 7. The highest BCUT2D eigenvalue weighted by Gasteiger charge is 2.30. The van der Waals surface area contributed by atoms with E-state index >= 15 is 0 Å². The number of carbonyl (C=O) groups excluding carboxylic acids is 3. The Bertz CT molecular complexity index is 1270. The van der Waals surface area contributed by atoms with Crippen LogP contribution in [0.1, 0.15) is 45.0 Å². The zero-order valence-corrected chi connectivity index (χ0v) is 23.9. The van der Waals surface area contributed by atoms with E-state index in [1.165, 1.54) is 11.0 Å². The summed E-state index contributed by atoms with van der Waals surface area (Å²) in [5.41, 5.74) is 0.853. The van der Waals surface area contributed by atoms with Crippen LogP contribution in [-0.2, 0) is 27.5 Å². The van der Waals surface area contributed by atoms with Crippen LogP contribution in [0.25, 0.3) is 11.4 Å². The topological polar surface area (TPSA) is 153 Å². The second kappa shape index (κ2) is 14.0. The molecule has 4 rings (SSSR count). The number of fused-ring (bicyclic) bond motifs is 1. The molecule has 40 heavy (non-hydrogen) atoms. The van der Waals surface area contributed by atoms with Gasteiger partial charge in [0.05, 0.1) is 12.6 Å². The summed E-state index contributed by atoms with van der Waals surface area (Å²) in [5, 5.41) is 21.9. The molecule has 3 aromatic rings. The number of carbonyl (C=O) groups is 3. The Balaban J connectivity index is 1.69. The van der Waals surface area contributed by atoms with E-state index in [2.05, 4.69) is 26.2 Å². The van der Waals surface area contributed by atoms with E-state index in [0.29, 0.717) is 44.1 Å². The van der Waals surface area contributed by atoms with Crippen LogP contribution < -0.4 is 10.6 Å². The lowest BCUT2D eigenvalue weighted by Gasteiger charge is -2.28. The molecule has 1 aliphatic rings. The molecule has 1 aliphatic heterocycles. The smallest absolute Gasteiger partial charge is 0.244 e. The van der Waals surface area contributed by atoms with Gasteiger partial charge in [0.25, 0.3) is 0 Å². The number of nitrogens with zero attached hydrogens (tertiary/aromatic N) is 8. The van der Waals surface area contributed by atoms with E-state index < -0.39 is 12.1 Å². The van der Waals surface area contributed by atoms with Crippen molar-refractivity contribution in [2.45, 2.75) is 58.3 Å². The van der Waals surface area contributed by atoms with Gasteiger partial charge < -0.3 is 15.5 Å². The summed E-state index contributed by atoms with van der Waals surface area (Å²) in [6.07, 6.45) is 4.49. The summed E-state index contributed by atoms with van der Waals surface area (Å²) >= 11 is 1.62. The first-order valence-electron chi connectivity index (χ1n) is 13.4. The molecule has 2 N–H and O–H groups in total. The van der Waals surface area contributed by atoms with Crippen LogP contribution in [0.4, 0.5) is 0 Å². The van der Waals surface area contributed by atoms with Gasteiger partial charge in [0.2, 0.25) is 17.7 Å². The quantitative estimate of drug-likeness (QED) is 0.429. The molecule has 1 aromatic carbocycles. The Hall–Kier alpha value is -3.81. The van der Waals surface area contributed by atoms with Gasteiger partial charge in [-0.15, -0.1) is 5.10 Å². The van der Waals surface area contributed by atoms with Gasteiger partial charge in [0.1, 0.15) is 18.9 Å². The molecule has 0 saturated carbocycles. The molecular weight excluding hydrogens is 532 g/mol. The molecule has 0 bridgehead atoms. The van der Waals surface area contributed by atoms with E-state index in [9.17, 15) is 14.4 Å². The van der Waals surface area contributed by atoms with E-state index in [1.54, 1.807) is 21.3 Å². The third kappa shape index (κ3) is 7.64. The van der Waals surface area contributed by atoms with Crippen molar-refractivity contribution in [3.63, 3.8) is 0 Å². The van der Waals surface area contributed by atoms with Crippen LogP contribution in [0.15, 0.2) is 36.7 Å². The van der Waals surface area contributed by atoms with Crippen LogP contribution >= 0.6 is 11.8 Å². The van der Waals surface area contributed by atoms with Crippen LogP contribution in [0.2, 0.25) is 0 Å². The van der Waals surface area contributed by atoms with Crippen molar-refractivity contribution in [2.24, 2.45) is 5.92 Å². The lowest BCUT2D eigenvalue weighted by atomic mass is 10.0. The standard InChI is InChI=1S/C26H36N10O3S/c1-18(2)23-25-30-24(19-8-5-4-6-9-19)31-36(25)14-13-34(22(38)16-35-17-27-32-33-35)12-7-10-21(37)28-20(11-15-40-3)26(39)29-23/h4-6,8-9,17-18,20,23H,7,10-16H2,1-3H3,(H,28,37)(H,29,39)/t20-,23+/m0/s1. The van der Waals surface area contributed by atoms with Crippen molar-refractivity contribution in [1.82, 2.24) is 50.5 Å². The first kappa shape index (κ1) is 29.2. The summed E-state index contributed by atoms with van der Waals surface area (Å²) in [6, 6.07) is 8.51. The molecule has 0 unspecified atom stereocenters. The predicted molar refractivity (Wildman–Crippen MR) is 150 cm³/mol. The van der Waals surface area contributed by atoms with Gasteiger partial charge in [-0.05, 0) is 41.2 Å². The Morgan fingerprint density at radius 1 is 1.12 bits per heavy atom. The predicted octanol–water partition coefficient (Wildman–Crippen LogP) is 1.31. The Kier molecular flexibility index (Phi) is 10.2. The zero-order chi connectivity index (χ0) is 28.5. The monoisotopic (exact) mass is 568 g/mol. The van der Waals surface area contributed by atoms with Crippen molar-refractivity contribution in [3.05, 3.63) is 42.5 Å². The summed E-state index contributed by atoms with van der Waals surface area (Å²) in [7, 11) is 0. The minimum Gasteiger partial charge on any atom is -0.344 e. The van der Waals surface area contributed by atoms with Crippen molar-refractivity contribution < 1.29 is 14.4 Å². The third-order valence-electron chi connectivity index (χ3n) is 6.69. The molecule has 2 atom stereocenters. The lowest BCUT2D eigenvalue weighted by Crippen LogP contribution is -2.49. The molecule has 0 fully saturated rings. The maximum atomic E-state index is 13.5. The zero-order valence-electron chi connectivity index (χ0n) is 23.1. The van der Waals surface area contributed by atoms with Gasteiger partial charge in [-0.25, -0.2) is 14.3 Å². The number of nitrogens with one attached hydrogen (secondary N) is 2. The molecule has 3 amide bonds. The Morgan fingerprint density at radius 2 is 1.93 bits per heavy atom. The van der Waals surface area contributed by atoms with E-state index in [4.69, 9.17) is 10.1 Å². The maximum absolute atomic E-state index is 13.5. The second-order valence-corrected chi connectivity index (χ2v) is 11.0. The highest BCUT2D eigenvalue weighted by Crippen LogP contribution is 2.24. The Morgan fingerprint density at radius 3 is 2.62 bits per heavy atom. The third-order valence-corrected chi connectivity index (χ3v) is 7.34. The van der Waals surface area contributed by atoms with Gasteiger partial charge in [-0.3, -0.25) is 14.4 Å². The van der Waals surface area contributed by atoms with Crippen molar-refractivity contribution in [1.29, 1.82) is 0 Å². The second-order valence-electron chi connectivity index (χ2n) is 10.0. The molecule has 3 heterocycles. The summed E-state index contributed by atoms with van der Waals surface area (Å²) < 4.78 is 3.15. The Labute approximate surface area is 237 Å². The number of rotatable bonds is 7. The van der Waals surface area contributed by atoms with Crippen molar-refractivity contribution in [3.8, 4) is 11.4 Å². The number of benzene rings is 1. The largest absolute Gasteiger partial charge is 0.344 e. The van der Waals surface area contributed by atoms with Gasteiger partial charge in [-0.1, -0.05) is 44.2 Å². The first-order chi connectivity index (χ1) is 19.4. The minimum absolute atomic E-state index is 0.0138. The number of hydrogen-bond acceptors (Lipinski definition) is 9. The summed E-state index contributed by atoms with van der Waals surface area (Å²) in [4.78, 5) is 46.1. The molecular formula is C26H36N10O3S. The highest BCUT2D eigenvalue weighted by atomic mass is 32.2. The van der Waals surface area contributed by atoms with Crippen LogP contribution in [0.5, 0.6) is 0 Å². The van der Waals surface area contributed by atoms with E-state index in [0.717, 1.165) is 11.3 Å². The molecule has 0 saturated heterocycles.